The molecule has 5 nitrogen and oxygen atoms in total. The molecule has 0 aliphatic carbocycles. The van der Waals surface area contributed by atoms with Gasteiger partial charge in [-0.2, -0.15) is 0 Å². The van der Waals surface area contributed by atoms with Crippen LogP contribution in [0.4, 0.5) is 5.69 Å². The molecule has 2 rings (SSSR count). The first-order valence-corrected chi connectivity index (χ1v) is 3.78. The van der Waals surface area contributed by atoms with Crippen LogP contribution in [0.3, 0.4) is 0 Å². The van der Waals surface area contributed by atoms with Crippen molar-refractivity contribution in [2.75, 3.05) is 5.73 Å². The molecule has 0 aliphatic rings. The van der Waals surface area contributed by atoms with E-state index in [0.29, 0.717) is 21.5 Å². The predicted octanol–water partition coefficient (Wildman–Crippen LogP) is 0.159. The number of imidazole rings is 1. The molecule has 3 N–H and O–H groups in total. The fourth-order valence-electron chi connectivity index (χ4n) is 1.43. The Labute approximate surface area is 73.6 Å². The lowest BCUT2D eigenvalue weighted by atomic mass is 10.3. The van der Waals surface area contributed by atoms with Crippen molar-refractivity contribution < 1.29 is 5.21 Å². The number of nitrogens with zero attached hydrogens (tertiary/aromatic N) is 2. The molecule has 0 atom stereocenters. The molecule has 1 aromatic heterocycles. The smallest absolute Gasteiger partial charge is 0.361 e. The molecule has 1 aromatic carbocycles. The monoisotopic (exact) mass is 179 g/mol. The van der Waals surface area contributed by atoms with Crippen LogP contribution in [0.25, 0.3) is 11.0 Å². The highest BCUT2D eigenvalue weighted by Crippen LogP contribution is 2.17. The van der Waals surface area contributed by atoms with Gasteiger partial charge in [-0.3, -0.25) is 4.57 Å². The van der Waals surface area contributed by atoms with Crippen molar-refractivity contribution >= 4 is 16.7 Å². The summed E-state index contributed by atoms with van der Waals surface area (Å²) in [5, 5.41) is 9.33. The Hall–Kier alpha value is -1.91. The van der Waals surface area contributed by atoms with E-state index in [-0.39, 0.29) is 0 Å². The average Bonchev–Trinajstić information content (AvgIpc) is 2.33. The van der Waals surface area contributed by atoms with Gasteiger partial charge >= 0.3 is 5.69 Å². The van der Waals surface area contributed by atoms with Crippen LogP contribution in [0.2, 0.25) is 0 Å². The number of aryl methyl sites for hydroxylation is 1. The van der Waals surface area contributed by atoms with Gasteiger partial charge in [-0.25, -0.2) is 4.79 Å². The molecule has 0 bridgehead atoms. The van der Waals surface area contributed by atoms with Crippen molar-refractivity contribution in [1.29, 1.82) is 0 Å². The first-order valence-electron chi connectivity index (χ1n) is 3.78. The Balaban J connectivity index is 3.12. The van der Waals surface area contributed by atoms with Crippen LogP contribution < -0.4 is 11.4 Å². The van der Waals surface area contributed by atoms with E-state index in [1.807, 2.05) is 0 Å². The molecule has 0 saturated heterocycles. The van der Waals surface area contributed by atoms with E-state index >= 15 is 0 Å². The lowest BCUT2D eigenvalue weighted by Gasteiger charge is -1.96. The van der Waals surface area contributed by atoms with E-state index in [4.69, 9.17) is 5.73 Å². The van der Waals surface area contributed by atoms with Gasteiger partial charge in [-0.05, 0) is 12.1 Å². The normalized spacial score (nSPS) is 10.8. The standard InChI is InChI=1S/C8H9N3O2/c1-10-7-5(9)3-2-4-6(7)11(13)8(10)12/h2-4,13H,9H2,1H3. The summed E-state index contributed by atoms with van der Waals surface area (Å²) in [6, 6.07) is 5.00. The van der Waals surface area contributed by atoms with E-state index in [1.165, 1.54) is 4.57 Å². The second-order valence-electron chi connectivity index (χ2n) is 2.87. The van der Waals surface area contributed by atoms with E-state index in [2.05, 4.69) is 0 Å². The van der Waals surface area contributed by atoms with Crippen LogP contribution >= 0.6 is 0 Å². The third kappa shape index (κ3) is 0.837. The van der Waals surface area contributed by atoms with Crippen LogP contribution in [-0.4, -0.2) is 14.5 Å². The molecule has 0 aliphatic heterocycles. The molecule has 68 valence electrons. The zero-order valence-corrected chi connectivity index (χ0v) is 7.06. The second kappa shape index (κ2) is 2.29. The molecule has 0 spiro atoms. The highest BCUT2D eigenvalue weighted by Gasteiger charge is 2.10. The minimum Gasteiger partial charge on any atom is -0.424 e. The summed E-state index contributed by atoms with van der Waals surface area (Å²) >= 11 is 0. The maximum Gasteiger partial charge on any atom is 0.361 e. The van der Waals surface area contributed by atoms with E-state index in [1.54, 1.807) is 25.2 Å². The summed E-state index contributed by atoms with van der Waals surface area (Å²) in [5.74, 6) is 0. The van der Waals surface area contributed by atoms with Crippen molar-refractivity contribution in [3.63, 3.8) is 0 Å². The van der Waals surface area contributed by atoms with Crippen molar-refractivity contribution in [3.8, 4) is 0 Å². The number of para-hydroxylation sites is 1. The van der Waals surface area contributed by atoms with Crippen LogP contribution in [0.5, 0.6) is 0 Å². The number of hydrogen-bond donors (Lipinski definition) is 2. The Morgan fingerprint density at radius 1 is 1.46 bits per heavy atom. The summed E-state index contributed by atoms with van der Waals surface area (Å²) in [7, 11) is 1.56. The summed E-state index contributed by atoms with van der Waals surface area (Å²) in [6.45, 7) is 0. The van der Waals surface area contributed by atoms with Crippen LogP contribution in [-0.2, 0) is 7.05 Å². The maximum atomic E-state index is 11.3. The fourth-order valence-corrected chi connectivity index (χ4v) is 1.43. The first kappa shape index (κ1) is 7.72. The van der Waals surface area contributed by atoms with Gasteiger partial charge in [0.15, 0.2) is 0 Å². The molecular formula is C8H9N3O2. The molecule has 2 aromatic rings. The van der Waals surface area contributed by atoms with Crippen molar-refractivity contribution in [2.45, 2.75) is 0 Å². The summed E-state index contributed by atoms with van der Waals surface area (Å²) in [4.78, 5) is 11.3. The molecule has 5 heteroatoms. The highest BCUT2D eigenvalue weighted by molar-refractivity contribution is 5.87. The molecule has 0 amide bonds. The predicted molar refractivity (Wildman–Crippen MR) is 48.8 cm³/mol. The minimum absolute atomic E-state index is 0.424. The van der Waals surface area contributed by atoms with E-state index in [9.17, 15) is 10.0 Å². The first-order chi connectivity index (χ1) is 6.13. The average molecular weight is 179 g/mol. The lowest BCUT2D eigenvalue weighted by molar-refractivity contribution is 0.185. The highest BCUT2D eigenvalue weighted by atomic mass is 16.5. The van der Waals surface area contributed by atoms with Gasteiger partial charge in [0, 0.05) is 7.05 Å². The summed E-state index contributed by atoms with van der Waals surface area (Å²) in [5.41, 5.74) is 6.61. The number of anilines is 1. The Morgan fingerprint density at radius 3 is 2.77 bits per heavy atom. The fraction of sp³-hybridized carbons (Fsp3) is 0.125. The molecule has 13 heavy (non-hydrogen) atoms. The third-order valence-electron chi connectivity index (χ3n) is 2.08. The summed E-state index contributed by atoms with van der Waals surface area (Å²) < 4.78 is 1.90. The summed E-state index contributed by atoms with van der Waals surface area (Å²) in [6.07, 6.45) is 0. The molecule has 0 unspecified atom stereocenters. The van der Waals surface area contributed by atoms with Crippen molar-refractivity contribution in [2.24, 2.45) is 7.05 Å². The lowest BCUT2D eigenvalue weighted by Crippen LogP contribution is -2.20. The van der Waals surface area contributed by atoms with Crippen molar-refractivity contribution in [1.82, 2.24) is 9.30 Å². The van der Waals surface area contributed by atoms with Crippen LogP contribution in [0.15, 0.2) is 23.0 Å². The number of nitrogens with two attached hydrogens (primary N) is 1. The largest absolute Gasteiger partial charge is 0.424 e. The SMILES string of the molecule is Cn1c(=O)n(O)c2cccc(N)c21. The van der Waals surface area contributed by atoms with Crippen LogP contribution in [0, 0.1) is 0 Å². The van der Waals surface area contributed by atoms with Gasteiger partial charge in [0.1, 0.15) is 5.52 Å². The number of nitrogen functional groups attached to an aromatic ring is 1. The number of fused-ring (bicyclic) bond motifs is 1. The maximum absolute atomic E-state index is 11.3. The van der Waals surface area contributed by atoms with Gasteiger partial charge < -0.3 is 10.9 Å². The molecule has 0 saturated carbocycles. The minimum atomic E-state index is -0.493. The van der Waals surface area contributed by atoms with Gasteiger partial charge in [-0.15, -0.1) is 4.73 Å². The Morgan fingerprint density at radius 2 is 2.15 bits per heavy atom. The Kier molecular flexibility index (Phi) is 1.36. The van der Waals surface area contributed by atoms with Gasteiger partial charge in [0.25, 0.3) is 0 Å². The van der Waals surface area contributed by atoms with Crippen LogP contribution in [0.1, 0.15) is 0 Å². The van der Waals surface area contributed by atoms with E-state index < -0.39 is 5.69 Å². The van der Waals surface area contributed by atoms with Gasteiger partial charge in [0.2, 0.25) is 0 Å². The third-order valence-corrected chi connectivity index (χ3v) is 2.08. The molecule has 0 fully saturated rings. The number of benzene rings is 1. The number of aromatic nitrogens is 2. The topological polar surface area (TPSA) is 73.2 Å². The van der Waals surface area contributed by atoms with Gasteiger partial charge in [0.05, 0.1) is 11.2 Å². The molecule has 0 radical (unpaired) electrons. The zero-order chi connectivity index (χ0) is 9.59. The zero-order valence-electron chi connectivity index (χ0n) is 7.06. The second-order valence-corrected chi connectivity index (χ2v) is 2.87. The van der Waals surface area contributed by atoms with Gasteiger partial charge in [-0.1, -0.05) is 6.07 Å². The number of hydrogen-bond acceptors (Lipinski definition) is 3. The number of rotatable bonds is 0. The van der Waals surface area contributed by atoms with E-state index in [0.717, 1.165) is 0 Å². The molecular weight excluding hydrogens is 170 g/mol. The Bertz CT molecular complexity index is 524. The quantitative estimate of drug-likeness (QED) is 0.447. The molecule has 1 heterocycles. The van der Waals surface area contributed by atoms with Crippen molar-refractivity contribution in [3.05, 3.63) is 28.7 Å².